The van der Waals surface area contributed by atoms with E-state index in [9.17, 15) is 14.0 Å². The highest BCUT2D eigenvalue weighted by molar-refractivity contribution is 7.98. The zero-order chi connectivity index (χ0) is 25.8. The van der Waals surface area contributed by atoms with Crippen LogP contribution in [0.3, 0.4) is 0 Å². The second-order valence-corrected chi connectivity index (χ2v) is 10.5. The van der Waals surface area contributed by atoms with Crippen molar-refractivity contribution in [2.45, 2.75) is 42.8 Å². The summed E-state index contributed by atoms with van der Waals surface area (Å²) in [6.07, 6.45) is 0.663. The maximum atomic E-state index is 15.2. The third-order valence-corrected chi connectivity index (χ3v) is 8.00. The molecule has 2 aromatic carbocycles. The van der Waals surface area contributed by atoms with Gasteiger partial charge in [-0.1, -0.05) is 24.3 Å². The SMILES string of the molecule is CC(C)Oc1c2n(ccc1=O)N([C@@H]1c3ccccc3SCc3c1ccc(F)c3F)[C@@H]1COCCN1C2=O. The van der Waals surface area contributed by atoms with E-state index >= 15 is 4.39 Å². The summed E-state index contributed by atoms with van der Waals surface area (Å²) in [7, 11) is 0. The number of thioether (sulfide) groups is 1. The van der Waals surface area contributed by atoms with Crippen molar-refractivity contribution >= 4 is 17.7 Å². The van der Waals surface area contributed by atoms with Gasteiger partial charge in [-0.15, -0.1) is 11.8 Å². The molecule has 0 bridgehead atoms. The second-order valence-electron chi connectivity index (χ2n) is 9.46. The molecule has 0 N–H and O–H groups in total. The fourth-order valence-corrected chi connectivity index (χ4v) is 6.43. The molecule has 4 heterocycles. The summed E-state index contributed by atoms with van der Waals surface area (Å²) in [6, 6.07) is 11.2. The van der Waals surface area contributed by atoms with Gasteiger partial charge in [0.2, 0.25) is 5.43 Å². The van der Waals surface area contributed by atoms with Crippen molar-refractivity contribution in [1.82, 2.24) is 9.58 Å². The van der Waals surface area contributed by atoms with E-state index < -0.39 is 29.3 Å². The van der Waals surface area contributed by atoms with Crippen LogP contribution in [0.1, 0.15) is 47.1 Å². The largest absolute Gasteiger partial charge is 0.485 e. The number of carbonyl (C=O) groups excluding carboxylic acids is 1. The summed E-state index contributed by atoms with van der Waals surface area (Å²) in [5, 5.41) is 1.93. The third kappa shape index (κ3) is 3.81. The predicted octanol–water partition coefficient (Wildman–Crippen LogP) is 4.06. The van der Waals surface area contributed by atoms with E-state index in [1.165, 1.54) is 17.8 Å². The molecule has 7 nitrogen and oxygen atoms in total. The number of amides is 1. The average molecular weight is 526 g/mol. The number of hydrogen-bond donors (Lipinski definition) is 0. The number of benzene rings is 2. The van der Waals surface area contributed by atoms with Crippen LogP contribution in [0.2, 0.25) is 0 Å². The van der Waals surface area contributed by atoms with E-state index in [1.807, 2.05) is 29.3 Å². The number of carbonyl (C=O) groups is 1. The number of aromatic nitrogens is 1. The zero-order valence-corrected chi connectivity index (χ0v) is 21.1. The first-order valence-corrected chi connectivity index (χ1v) is 13.1. The Labute approximate surface area is 216 Å². The minimum absolute atomic E-state index is 0.0285. The molecular formula is C27H25F2N3O4S. The molecule has 0 spiro atoms. The average Bonchev–Trinajstić information content (AvgIpc) is 3.05. The lowest BCUT2D eigenvalue weighted by Crippen LogP contribution is -2.66. The van der Waals surface area contributed by atoms with Gasteiger partial charge in [0.15, 0.2) is 23.1 Å². The lowest BCUT2D eigenvalue weighted by atomic mass is 9.93. The van der Waals surface area contributed by atoms with Crippen LogP contribution in [0.25, 0.3) is 0 Å². The van der Waals surface area contributed by atoms with Crippen molar-refractivity contribution in [2.75, 3.05) is 24.8 Å². The van der Waals surface area contributed by atoms with Gasteiger partial charge >= 0.3 is 0 Å². The highest BCUT2D eigenvalue weighted by atomic mass is 32.2. The fraction of sp³-hybridized carbons (Fsp3) is 0.333. The van der Waals surface area contributed by atoms with Gasteiger partial charge in [0.1, 0.15) is 6.17 Å². The number of morpholine rings is 1. The van der Waals surface area contributed by atoms with E-state index in [0.29, 0.717) is 18.7 Å². The predicted molar refractivity (Wildman–Crippen MR) is 135 cm³/mol. The second kappa shape index (κ2) is 9.18. The molecule has 0 saturated carbocycles. The third-order valence-electron chi connectivity index (χ3n) is 6.89. The van der Waals surface area contributed by atoms with E-state index in [4.69, 9.17) is 9.47 Å². The van der Waals surface area contributed by atoms with Crippen LogP contribution >= 0.6 is 11.8 Å². The Morgan fingerprint density at radius 2 is 1.89 bits per heavy atom. The van der Waals surface area contributed by atoms with Crippen LogP contribution < -0.4 is 15.2 Å². The van der Waals surface area contributed by atoms with Crippen molar-refractivity contribution < 1.29 is 23.0 Å². The van der Waals surface area contributed by atoms with Crippen LogP contribution in [0, 0.1) is 11.6 Å². The summed E-state index contributed by atoms with van der Waals surface area (Å²) in [6.45, 7) is 4.46. The number of rotatable bonds is 3. The van der Waals surface area contributed by atoms with E-state index in [-0.39, 0.29) is 41.4 Å². The summed E-state index contributed by atoms with van der Waals surface area (Å²) >= 11 is 1.44. The van der Waals surface area contributed by atoms with Crippen molar-refractivity contribution in [3.8, 4) is 5.75 Å². The molecule has 37 heavy (non-hydrogen) atoms. The summed E-state index contributed by atoms with van der Waals surface area (Å²) in [4.78, 5) is 29.3. The highest BCUT2D eigenvalue weighted by Gasteiger charge is 2.46. The lowest BCUT2D eigenvalue weighted by Gasteiger charge is -2.51. The maximum Gasteiger partial charge on any atom is 0.278 e. The van der Waals surface area contributed by atoms with Gasteiger partial charge in [-0.3, -0.25) is 19.3 Å². The van der Waals surface area contributed by atoms with Crippen molar-refractivity contribution in [3.05, 3.63) is 92.9 Å². The molecule has 6 rings (SSSR count). The van der Waals surface area contributed by atoms with Crippen molar-refractivity contribution in [1.29, 1.82) is 0 Å². The van der Waals surface area contributed by atoms with Crippen molar-refractivity contribution in [3.63, 3.8) is 0 Å². The maximum absolute atomic E-state index is 15.2. The molecule has 1 saturated heterocycles. The summed E-state index contributed by atoms with van der Waals surface area (Å²) < 4.78 is 42.9. The van der Waals surface area contributed by atoms with Gasteiger partial charge in [0.25, 0.3) is 5.91 Å². The van der Waals surface area contributed by atoms with Gasteiger partial charge in [0.05, 0.1) is 25.4 Å². The van der Waals surface area contributed by atoms with Crippen LogP contribution in [-0.2, 0) is 10.5 Å². The van der Waals surface area contributed by atoms with Crippen LogP contribution in [0.5, 0.6) is 5.75 Å². The summed E-state index contributed by atoms with van der Waals surface area (Å²) in [5.74, 6) is -1.89. The fourth-order valence-electron chi connectivity index (χ4n) is 5.32. The first-order valence-electron chi connectivity index (χ1n) is 12.1. The quantitative estimate of drug-likeness (QED) is 0.514. The number of pyridine rings is 1. The topological polar surface area (TPSA) is 64.0 Å². The molecule has 1 amide bonds. The molecule has 2 atom stereocenters. The Morgan fingerprint density at radius 3 is 2.70 bits per heavy atom. The van der Waals surface area contributed by atoms with Gasteiger partial charge in [-0.05, 0) is 37.1 Å². The van der Waals surface area contributed by atoms with Gasteiger partial charge in [-0.25, -0.2) is 8.78 Å². The number of halogens is 2. The van der Waals surface area contributed by atoms with Crippen LogP contribution in [0.4, 0.5) is 8.78 Å². The zero-order valence-electron chi connectivity index (χ0n) is 20.3. The molecule has 3 aliphatic heterocycles. The number of hydrogen-bond acceptors (Lipinski definition) is 6. The molecule has 0 aliphatic carbocycles. The Hall–Kier alpha value is -3.37. The Balaban J connectivity index is 1.66. The molecule has 0 radical (unpaired) electrons. The minimum atomic E-state index is -0.905. The molecule has 1 fully saturated rings. The van der Waals surface area contributed by atoms with Gasteiger partial charge in [0, 0.05) is 35.0 Å². The minimum Gasteiger partial charge on any atom is -0.485 e. The Bertz CT molecular complexity index is 1460. The standard InChI is InChI=1S/C27H25F2N3O4S/c1-15(2)36-26-20(33)9-10-31-25(26)27(34)30-11-12-35-13-22(30)32(31)24-16-7-8-19(28)23(29)18(16)14-37-21-6-4-3-5-17(21)24/h3-10,15,22,24H,11-14H2,1-2H3/t22-,24+/m1/s1. The van der Waals surface area contributed by atoms with E-state index in [0.717, 1.165) is 16.5 Å². The molecule has 3 aliphatic rings. The molecule has 10 heteroatoms. The molecule has 0 unspecified atom stereocenters. The molecule has 192 valence electrons. The summed E-state index contributed by atoms with van der Waals surface area (Å²) in [5.41, 5.74) is 1.45. The number of ether oxygens (including phenoxy) is 2. The monoisotopic (exact) mass is 525 g/mol. The smallest absolute Gasteiger partial charge is 0.278 e. The lowest BCUT2D eigenvalue weighted by molar-refractivity contribution is -0.0200. The van der Waals surface area contributed by atoms with E-state index in [1.54, 1.807) is 35.7 Å². The van der Waals surface area contributed by atoms with Gasteiger partial charge < -0.3 is 14.4 Å². The normalized spacial score (nSPS) is 20.6. The van der Waals surface area contributed by atoms with Gasteiger partial charge in [-0.2, -0.15) is 0 Å². The number of nitrogens with zero attached hydrogens (tertiary/aromatic N) is 3. The Kier molecular flexibility index (Phi) is 5.95. The first-order chi connectivity index (χ1) is 17.9. The van der Waals surface area contributed by atoms with Crippen LogP contribution in [0.15, 0.2) is 58.4 Å². The van der Waals surface area contributed by atoms with Crippen molar-refractivity contribution in [2.24, 2.45) is 0 Å². The Morgan fingerprint density at radius 1 is 1.08 bits per heavy atom. The molecule has 1 aromatic heterocycles. The molecule has 3 aromatic rings. The number of fused-ring (bicyclic) bond motifs is 4. The molecular weight excluding hydrogens is 500 g/mol. The van der Waals surface area contributed by atoms with E-state index in [2.05, 4.69) is 0 Å². The first kappa shape index (κ1) is 24.0. The van der Waals surface area contributed by atoms with Crippen LogP contribution in [-0.4, -0.2) is 47.5 Å². The highest BCUT2D eigenvalue weighted by Crippen LogP contribution is 2.45.